The first-order valence-electron chi connectivity index (χ1n) is 12.0. The molecule has 1 fully saturated rings. The number of hydrogen-bond acceptors (Lipinski definition) is 4. The molecule has 2 aromatic rings. The molecule has 2 aliphatic rings. The summed E-state index contributed by atoms with van der Waals surface area (Å²) in [6.45, 7) is 4.34. The second-order valence-electron chi connectivity index (χ2n) is 9.41. The largest absolute Gasteiger partial charge is 0.481 e. The van der Waals surface area contributed by atoms with Gasteiger partial charge in [0.15, 0.2) is 0 Å². The number of aliphatic carboxylic acids is 1. The third kappa shape index (κ3) is 5.24. The smallest absolute Gasteiger partial charge is 0.407 e. The number of rotatable bonds is 10. The van der Waals surface area contributed by atoms with Crippen LogP contribution < -0.4 is 5.32 Å². The molecule has 180 valence electrons. The first kappa shape index (κ1) is 23.8. The van der Waals surface area contributed by atoms with E-state index in [0.717, 1.165) is 35.1 Å². The fraction of sp³-hybridized carbons (Fsp3) is 0.444. The lowest BCUT2D eigenvalue weighted by Crippen LogP contribution is -2.52. The highest BCUT2D eigenvalue weighted by molar-refractivity contribution is 5.87. The van der Waals surface area contributed by atoms with Crippen molar-refractivity contribution >= 4 is 18.0 Å². The lowest BCUT2D eigenvalue weighted by Gasteiger charge is -2.31. The summed E-state index contributed by atoms with van der Waals surface area (Å²) in [6, 6.07) is 15.6. The van der Waals surface area contributed by atoms with E-state index in [4.69, 9.17) is 9.84 Å². The molecule has 2 amide bonds. The molecular formula is C27H32N2O5. The average Bonchev–Trinajstić information content (AvgIpc) is 3.61. The molecule has 0 radical (unpaired) electrons. The van der Waals surface area contributed by atoms with Crippen molar-refractivity contribution in [2.45, 2.75) is 57.5 Å². The van der Waals surface area contributed by atoms with Crippen LogP contribution in [0.1, 0.15) is 56.6 Å². The molecule has 0 aliphatic heterocycles. The van der Waals surface area contributed by atoms with Gasteiger partial charge in [-0.15, -0.1) is 0 Å². The molecular weight excluding hydrogens is 432 g/mol. The van der Waals surface area contributed by atoms with Gasteiger partial charge in [-0.3, -0.25) is 9.59 Å². The topological polar surface area (TPSA) is 95.9 Å². The van der Waals surface area contributed by atoms with Crippen LogP contribution in [0.5, 0.6) is 0 Å². The van der Waals surface area contributed by atoms with Crippen LogP contribution >= 0.6 is 0 Å². The number of benzene rings is 2. The predicted molar refractivity (Wildman–Crippen MR) is 128 cm³/mol. The van der Waals surface area contributed by atoms with Crippen molar-refractivity contribution in [2.75, 3.05) is 13.2 Å². The van der Waals surface area contributed by atoms with E-state index in [1.165, 1.54) is 0 Å². The summed E-state index contributed by atoms with van der Waals surface area (Å²) in [5.41, 5.74) is 4.59. The number of fused-ring (bicyclic) bond motifs is 3. The number of carbonyl (C=O) groups is 3. The second kappa shape index (κ2) is 10.3. The Morgan fingerprint density at radius 2 is 1.62 bits per heavy atom. The molecule has 0 bridgehead atoms. The van der Waals surface area contributed by atoms with Gasteiger partial charge in [-0.2, -0.15) is 0 Å². The molecule has 0 heterocycles. The minimum atomic E-state index is -0.883. The summed E-state index contributed by atoms with van der Waals surface area (Å²) < 4.78 is 5.65. The molecule has 1 unspecified atom stereocenters. The molecule has 2 aromatic carbocycles. The van der Waals surface area contributed by atoms with Gasteiger partial charge in [0.05, 0.1) is 0 Å². The summed E-state index contributed by atoms with van der Waals surface area (Å²) >= 11 is 0. The summed E-state index contributed by atoms with van der Waals surface area (Å²) in [4.78, 5) is 38.6. The van der Waals surface area contributed by atoms with Gasteiger partial charge < -0.3 is 20.1 Å². The highest BCUT2D eigenvalue weighted by Gasteiger charge is 2.40. The SMILES string of the molecule is CC(C)N(CCCC(=O)O)C(=O)C(NC(=O)OCC1c2ccccc2-c2ccccc21)C1CC1. The number of alkyl carbamates (subject to hydrolysis) is 1. The van der Waals surface area contributed by atoms with Crippen LogP contribution in [-0.2, 0) is 14.3 Å². The average molecular weight is 465 g/mol. The first-order chi connectivity index (χ1) is 16.4. The number of nitrogens with one attached hydrogen (secondary N) is 1. The van der Waals surface area contributed by atoms with Crippen LogP contribution in [0, 0.1) is 5.92 Å². The second-order valence-corrected chi connectivity index (χ2v) is 9.41. The van der Waals surface area contributed by atoms with Crippen LogP contribution in [0.25, 0.3) is 11.1 Å². The van der Waals surface area contributed by atoms with E-state index in [1.54, 1.807) is 4.90 Å². The third-order valence-electron chi connectivity index (χ3n) is 6.67. The Balaban J connectivity index is 1.40. The maximum absolute atomic E-state index is 13.3. The molecule has 7 heteroatoms. The van der Waals surface area contributed by atoms with Gasteiger partial charge in [0.25, 0.3) is 0 Å². The van der Waals surface area contributed by atoms with E-state index in [2.05, 4.69) is 29.6 Å². The molecule has 2 aliphatic carbocycles. The molecule has 2 N–H and O–H groups in total. The fourth-order valence-electron chi connectivity index (χ4n) is 4.78. The molecule has 34 heavy (non-hydrogen) atoms. The van der Waals surface area contributed by atoms with Gasteiger partial charge in [-0.1, -0.05) is 48.5 Å². The van der Waals surface area contributed by atoms with Gasteiger partial charge in [0.2, 0.25) is 5.91 Å². The third-order valence-corrected chi connectivity index (χ3v) is 6.67. The summed E-state index contributed by atoms with van der Waals surface area (Å²) in [6.07, 6.45) is 1.54. The molecule has 7 nitrogen and oxygen atoms in total. The van der Waals surface area contributed by atoms with Crippen molar-refractivity contribution in [1.82, 2.24) is 10.2 Å². The van der Waals surface area contributed by atoms with E-state index in [9.17, 15) is 14.4 Å². The highest BCUT2D eigenvalue weighted by atomic mass is 16.5. The zero-order chi connectivity index (χ0) is 24.2. The van der Waals surface area contributed by atoms with Crippen LogP contribution in [0.15, 0.2) is 48.5 Å². The minimum absolute atomic E-state index is 0.00437. The molecule has 1 atom stereocenters. The first-order valence-corrected chi connectivity index (χ1v) is 12.0. The zero-order valence-electron chi connectivity index (χ0n) is 19.7. The fourth-order valence-corrected chi connectivity index (χ4v) is 4.78. The van der Waals surface area contributed by atoms with Gasteiger partial charge in [0.1, 0.15) is 12.6 Å². The van der Waals surface area contributed by atoms with E-state index < -0.39 is 18.1 Å². The standard InChI is InChI=1S/C27H32N2O5/c1-17(2)29(15-7-12-24(30)31)26(32)25(18-13-14-18)28-27(33)34-16-23-21-10-5-3-8-19(21)20-9-4-6-11-22(20)23/h3-6,8-11,17-18,23,25H,7,12-16H2,1-2H3,(H,28,33)(H,30,31). The Kier molecular flexibility index (Phi) is 7.20. The number of hydrogen-bond donors (Lipinski definition) is 2. The number of carbonyl (C=O) groups excluding carboxylic acids is 2. The number of amides is 2. The van der Waals surface area contributed by atoms with Crippen LogP contribution in [0.2, 0.25) is 0 Å². The zero-order valence-corrected chi connectivity index (χ0v) is 19.7. The van der Waals surface area contributed by atoms with Crippen molar-refractivity contribution in [2.24, 2.45) is 5.92 Å². The maximum atomic E-state index is 13.3. The van der Waals surface area contributed by atoms with E-state index in [0.29, 0.717) is 13.0 Å². The highest BCUT2D eigenvalue weighted by Crippen LogP contribution is 2.44. The lowest BCUT2D eigenvalue weighted by molar-refractivity contribution is -0.139. The number of carboxylic acids is 1. The maximum Gasteiger partial charge on any atom is 0.407 e. The van der Waals surface area contributed by atoms with Gasteiger partial charge in [0, 0.05) is 24.9 Å². The lowest BCUT2D eigenvalue weighted by atomic mass is 9.98. The molecule has 1 saturated carbocycles. The Morgan fingerprint density at radius 3 is 2.15 bits per heavy atom. The number of carboxylic acid groups (broad SMARTS) is 1. The van der Waals surface area contributed by atoms with Crippen molar-refractivity contribution in [1.29, 1.82) is 0 Å². The molecule has 4 rings (SSSR count). The van der Waals surface area contributed by atoms with Crippen molar-refractivity contribution in [3.63, 3.8) is 0 Å². The van der Waals surface area contributed by atoms with E-state index in [1.807, 2.05) is 38.1 Å². The summed E-state index contributed by atoms with van der Waals surface area (Å²) in [5.74, 6) is -1.01. The monoisotopic (exact) mass is 464 g/mol. The van der Waals surface area contributed by atoms with Crippen LogP contribution in [-0.4, -0.2) is 53.2 Å². The van der Waals surface area contributed by atoms with Gasteiger partial charge >= 0.3 is 12.1 Å². The predicted octanol–water partition coefficient (Wildman–Crippen LogP) is 4.41. The number of ether oxygens (including phenoxy) is 1. The van der Waals surface area contributed by atoms with Crippen molar-refractivity contribution in [3.05, 3.63) is 59.7 Å². The van der Waals surface area contributed by atoms with Gasteiger partial charge in [-0.05, 0) is 61.3 Å². The van der Waals surface area contributed by atoms with Crippen LogP contribution in [0.4, 0.5) is 4.79 Å². The Bertz CT molecular complexity index is 1020. The van der Waals surface area contributed by atoms with Crippen LogP contribution in [0.3, 0.4) is 0 Å². The molecule has 0 spiro atoms. The Hall–Kier alpha value is -3.35. The summed E-state index contributed by atoms with van der Waals surface area (Å²) in [5, 5.41) is 11.7. The van der Waals surface area contributed by atoms with E-state index in [-0.39, 0.29) is 36.8 Å². The van der Waals surface area contributed by atoms with Crippen molar-refractivity contribution < 1.29 is 24.2 Å². The molecule has 0 aromatic heterocycles. The van der Waals surface area contributed by atoms with Crippen molar-refractivity contribution in [3.8, 4) is 11.1 Å². The Morgan fingerprint density at radius 1 is 1.03 bits per heavy atom. The normalized spacial score (nSPS) is 15.4. The van der Waals surface area contributed by atoms with E-state index >= 15 is 0 Å². The molecule has 0 saturated heterocycles. The Labute approximate surface area is 200 Å². The number of nitrogens with zero attached hydrogens (tertiary/aromatic N) is 1. The van der Waals surface area contributed by atoms with Gasteiger partial charge in [-0.25, -0.2) is 4.79 Å². The quantitative estimate of drug-likeness (QED) is 0.543. The minimum Gasteiger partial charge on any atom is -0.481 e. The summed E-state index contributed by atoms with van der Waals surface area (Å²) in [7, 11) is 0.